The Balaban J connectivity index is 2.41. The second-order valence-electron chi connectivity index (χ2n) is 4.93. The van der Waals surface area contributed by atoms with Gasteiger partial charge in [-0.25, -0.2) is 0 Å². The van der Waals surface area contributed by atoms with Gasteiger partial charge in [0.2, 0.25) is 0 Å². The van der Waals surface area contributed by atoms with Crippen LogP contribution in [-0.4, -0.2) is 25.2 Å². The zero-order valence-corrected chi connectivity index (χ0v) is 11.6. The Morgan fingerprint density at radius 1 is 1.44 bits per heavy atom. The van der Waals surface area contributed by atoms with Gasteiger partial charge < -0.3 is 14.5 Å². The summed E-state index contributed by atoms with van der Waals surface area (Å²) in [7, 11) is 1.42. The largest absolute Gasteiger partial charge is 0.469 e. The highest BCUT2D eigenvalue weighted by atomic mass is 16.5. The van der Waals surface area contributed by atoms with Gasteiger partial charge in [0, 0.05) is 12.5 Å². The van der Waals surface area contributed by atoms with Crippen LogP contribution in [0.5, 0.6) is 0 Å². The molecule has 1 rings (SSSR count). The fraction of sp³-hybridized carbons (Fsp3) is 0.643. The van der Waals surface area contributed by atoms with E-state index in [4.69, 9.17) is 9.15 Å². The highest BCUT2D eigenvalue weighted by molar-refractivity contribution is 5.75. The standard InChI is InChI=1S/C14H23NO3/c1-10(2)13(14(16)17-4)15-11(3)7-8-12-6-5-9-18-12/h5-6,9-11,13,15H,7-8H2,1-4H3. The van der Waals surface area contributed by atoms with E-state index in [1.807, 2.05) is 26.0 Å². The Labute approximate surface area is 109 Å². The van der Waals surface area contributed by atoms with Crippen molar-refractivity contribution in [3.05, 3.63) is 24.2 Å². The Morgan fingerprint density at radius 3 is 2.67 bits per heavy atom. The molecule has 0 bridgehead atoms. The van der Waals surface area contributed by atoms with Crippen molar-refractivity contribution in [2.24, 2.45) is 5.92 Å². The van der Waals surface area contributed by atoms with Crippen LogP contribution in [0.2, 0.25) is 0 Å². The molecule has 1 N–H and O–H groups in total. The topological polar surface area (TPSA) is 51.5 Å². The van der Waals surface area contributed by atoms with Crippen molar-refractivity contribution in [3.63, 3.8) is 0 Å². The van der Waals surface area contributed by atoms with Crippen LogP contribution in [0.25, 0.3) is 0 Å². The number of carbonyl (C=O) groups is 1. The van der Waals surface area contributed by atoms with Crippen molar-refractivity contribution in [2.45, 2.75) is 45.7 Å². The van der Waals surface area contributed by atoms with E-state index in [1.165, 1.54) is 7.11 Å². The molecule has 0 radical (unpaired) electrons. The number of ether oxygens (including phenoxy) is 1. The molecule has 2 atom stereocenters. The predicted molar refractivity (Wildman–Crippen MR) is 70.3 cm³/mol. The van der Waals surface area contributed by atoms with Crippen LogP contribution in [0.15, 0.2) is 22.8 Å². The number of rotatable bonds is 7. The zero-order chi connectivity index (χ0) is 13.5. The van der Waals surface area contributed by atoms with Crippen LogP contribution in [0.3, 0.4) is 0 Å². The molecule has 1 aromatic rings. The van der Waals surface area contributed by atoms with Gasteiger partial charge in [-0.3, -0.25) is 4.79 Å². The zero-order valence-electron chi connectivity index (χ0n) is 11.6. The third-order valence-corrected chi connectivity index (χ3v) is 2.99. The molecule has 0 spiro atoms. The maximum Gasteiger partial charge on any atom is 0.323 e. The molecular weight excluding hydrogens is 230 g/mol. The molecule has 0 aliphatic carbocycles. The molecule has 2 unspecified atom stereocenters. The van der Waals surface area contributed by atoms with Crippen LogP contribution >= 0.6 is 0 Å². The molecule has 18 heavy (non-hydrogen) atoms. The lowest BCUT2D eigenvalue weighted by Gasteiger charge is -2.24. The van der Waals surface area contributed by atoms with E-state index >= 15 is 0 Å². The highest BCUT2D eigenvalue weighted by Gasteiger charge is 2.24. The Bertz CT molecular complexity index is 346. The minimum Gasteiger partial charge on any atom is -0.469 e. The average molecular weight is 253 g/mol. The van der Waals surface area contributed by atoms with Crippen LogP contribution in [-0.2, 0) is 16.0 Å². The van der Waals surface area contributed by atoms with E-state index in [-0.39, 0.29) is 24.0 Å². The highest BCUT2D eigenvalue weighted by Crippen LogP contribution is 2.09. The van der Waals surface area contributed by atoms with Gasteiger partial charge in [-0.15, -0.1) is 0 Å². The molecule has 0 amide bonds. The first kappa shape index (κ1) is 14.8. The van der Waals surface area contributed by atoms with E-state index in [9.17, 15) is 4.79 Å². The third kappa shape index (κ3) is 4.53. The van der Waals surface area contributed by atoms with E-state index < -0.39 is 0 Å². The van der Waals surface area contributed by atoms with Gasteiger partial charge in [0.15, 0.2) is 0 Å². The third-order valence-electron chi connectivity index (χ3n) is 2.99. The summed E-state index contributed by atoms with van der Waals surface area (Å²) in [6.07, 6.45) is 3.47. The summed E-state index contributed by atoms with van der Waals surface area (Å²) in [5, 5.41) is 3.31. The number of aryl methyl sites for hydroxylation is 1. The van der Waals surface area contributed by atoms with Gasteiger partial charge in [0.1, 0.15) is 11.8 Å². The first-order chi connectivity index (χ1) is 8.54. The fourth-order valence-corrected chi connectivity index (χ4v) is 1.86. The van der Waals surface area contributed by atoms with Gasteiger partial charge in [0.05, 0.1) is 13.4 Å². The van der Waals surface area contributed by atoms with Gasteiger partial charge in [-0.2, -0.15) is 0 Å². The number of furan rings is 1. The summed E-state index contributed by atoms with van der Waals surface area (Å²) in [6, 6.07) is 3.84. The SMILES string of the molecule is COC(=O)C(NC(C)CCc1ccco1)C(C)C. The van der Waals surface area contributed by atoms with E-state index in [2.05, 4.69) is 12.2 Å². The van der Waals surface area contributed by atoms with Crippen molar-refractivity contribution in [2.75, 3.05) is 7.11 Å². The van der Waals surface area contributed by atoms with Gasteiger partial charge >= 0.3 is 5.97 Å². The van der Waals surface area contributed by atoms with Gasteiger partial charge in [0.25, 0.3) is 0 Å². The lowest BCUT2D eigenvalue weighted by Crippen LogP contribution is -2.46. The number of esters is 1. The molecule has 0 saturated carbocycles. The minimum absolute atomic E-state index is 0.199. The second kappa shape index (κ2) is 7.21. The smallest absolute Gasteiger partial charge is 0.323 e. The monoisotopic (exact) mass is 253 g/mol. The van der Waals surface area contributed by atoms with Crippen LogP contribution in [0.4, 0.5) is 0 Å². The van der Waals surface area contributed by atoms with Gasteiger partial charge in [-0.1, -0.05) is 13.8 Å². The first-order valence-corrected chi connectivity index (χ1v) is 6.40. The van der Waals surface area contributed by atoms with E-state index in [1.54, 1.807) is 6.26 Å². The summed E-state index contributed by atoms with van der Waals surface area (Å²) in [6.45, 7) is 6.09. The Morgan fingerprint density at radius 2 is 2.17 bits per heavy atom. The van der Waals surface area contributed by atoms with E-state index in [0.29, 0.717) is 0 Å². The second-order valence-corrected chi connectivity index (χ2v) is 4.93. The first-order valence-electron chi connectivity index (χ1n) is 6.40. The summed E-state index contributed by atoms with van der Waals surface area (Å²) >= 11 is 0. The van der Waals surface area contributed by atoms with Crippen molar-refractivity contribution >= 4 is 5.97 Å². The number of hydrogen-bond donors (Lipinski definition) is 1. The number of hydrogen-bond acceptors (Lipinski definition) is 4. The summed E-state index contributed by atoms with van der Waals surface area (Å²) in [5.41, 5.74) is 0. The van der Waals surface area contributed by atoms with Crippen LogP contribution in [0, 0.1) is 5.92 Å². The molecule has 1 aromatic heterocycles. The number of methoxy groups -OCH3 is 1. The number of nitrogens with one attached hydrogen (secondary N) is 1. The lowest BCUT2D eigenvalue weighted by molar-refractivity contribution is -0.144. The summed E-state index contributed by atoms with van der Waals surface area (Å²) in [4.78, 5) is 11.6. The van der Waals surface area contributed by atoms with Crippen LogP contribution < -0.4 is 5.32 Å². The van der Waals surface area contributed by atoms with Crippen molar-refractivity contribution < 1.29 is 13.9 Å². The molecular formula is C14H23NO3. The molecule has 0 aromatic carbocycles. The molecule has 4 heteroatoms. The van der Waals surface area contributed by atoms with Gasteiger partial charge in [-0.05, 0) is 31.4 Å². The molecule has 102 valence electrons. The van der Waals surface area contributed by atoms with Crippen LogP contribution in [0.1, 0.15) is 33.0 Å². The molecule has 0 saturated heterocycles. The maximum atomic E-state index is 11.6. The maximum absolute atomic E-state index is 11.6. The van der Waals surface area contributed by atoms with Crippen molar-refractivity contribution in [1.29, 1.82) is 0 Å². The molecule has 0 fully saturated rings. The predicted octanol–water partition coefficient (Wildman–Crippen LogP) is 2.39. The minimum atomic E-state index is -0.249. The Hall–Kier alpha value is -1.29. The average Bonchev–Trinajstić information content (AvgIpc) is 2.85. The summed E-state index contributed by atoms with van der Waals surface area (Å²) < 4.78 is 10.1. The number of carbonyl (C=O) groups excluding carboxylic acids is 1. The lowest BCUT2D eigenvalue weighted by atomic mass is 10.0. The van der Waals surface area contributed by atoms with Crippen molar-refractivity contribution in [3.8, 4) is 0 Å². The van der Waals surface area contributed by atoms with Crippen molar-refractivity contribution in [1.82, 2.24) is 5.32 Å². The quantitative estimate of drug-likeness (QED) is 0.758. The van der Waals surface area contributed by atoms with E-state index in [0.717, 1.165) is 18.6 Å². The summed E-state index contributed by atoms with van der Waals surface area (Å²) in [5.74, 6) is 0.987. The molecule has 4 nitrogen and oxygen atoms in total. The Kier molecular flexibility index (Phi) is 5.92. The molecule has 1 heterocycles. The fourth-order valence-electron chi connectivity index (χ4n) is 1.86. The molecule has 0 aliphatic rings. The normalized spacial score (nSPS) is 14.5. The molecule has 0 aliphatic heterocycles.